The normalized spacial score (nSPS) is 16.9. The number of aromatic nitrogens is 5. The van der Waals surface area contributed by atoms with Gasteiger partial charge in [0, 0.05) is 17.5 Å². The molecule has 3 heterocycles. The van der Waals surface area contributed by atoms with E-state index in [2.05, 4.69) is 25.4 Å². The molecule has 7 heteroatoms. The molecule has 1 aliphatic heterocycles. The topological polar surface area (TPSA) is 90.6 Å². The molecule has 27 heavy (non-hydrogen) atoms. The van der Waals surface area contributed by atoms with Crippen molar-refractivity contribution in [3.63, 3.8) is 0 Å². The van der Waals surface area contributed by atoms with Gasteiger partial charge in [-0.15, -0.1) is 0 Å². The van der Waals surface area contributed by atoms with Crippen molar-refractivity contribution < 1.29 is 4.79 Å². The molecule has 0 spiro atoms. The maximum Gasteiger partial charge on any atom is 0.275 e. The summed E-state index contributed by atoms with van der Waals surface area (Å²) in [6, 6.07) is 17.4. The average Bonchev–Trinajstić information content (AvgIpc) is 3.46. The van der Waals surface area contributed by atoms with E-state index < -0.39 is 0 Å². The van der Waals surface area contributed by atoms with Gasteiger partial charge in [-0.25, -0.2) is 4.98 Å². The summed E-state index contributed by atoms with van der Waals surface area (Å²) in [6.45, 7) is 0.687. The fourth-order valence-corrected chi connectivity index (χ4v) is 3.70. The largest absolute Gasteiger partial charge is 0.327 e. The Morgan fingerprint density at radius 3 is 2.70 bits per heavy atom. The summed E-state index contributed by atoms with van der Waals surface area (Å²) in [5.74, 6) is 1.29. The van der Waals surface area contributed by atoms with Gasteiger partial charge >= 0.3 is 0 Å². The van der Waals surface area contributed by atoms with Gasteiger partial charge in [0.15, 0.2) is 11.5 Å². The SMILES string of the molecule is O=C(c1n[nH]c2ccccc12)N1CCC[C@H]1c1nc(-c2ccccc2)n[nH]1. The number of hydrogen-bond acceptors (Lipinski definition) is 4. The number of nitrogens with one attached hydrogen (secondary N) is 2. The molecule has 1 aliphatic rings. The lowest BCUT2D eigenvalue weighted by molar-refractivity contribution is 0.0726. The third kappa shape index (κ3) is 2.68. The van der Waals surface area contributed by atoms with Crippen LogP contribution in [0.25, 0.3) is 22.3 Å². The number of para-hydroxylation sites is 1. The van der Waals surface area contributed by atoms with E-state index in [1.165, 1.54) is 0 Å². The molecular formula is C20H18N6O. The van der Waals surface area contributed by atoms with Gasteiger partial charge in [0.25, 0.3) is 5.91 Å². The Balaban J connectivity index is 1.45. The molecule has 2 aromatic carbocycles. The number of benzene rings is 2. The molecule has 1 atom stereocenters. The Labute approximate surface area is 155 Å². The van der Waals surface area contributed by atoms with Crippen LogP contribution in [0.2, 0.25) is 0 Å². The highest BCUT2D eigenvalue weighted by Gasteiger charge is 2.34. The highest BCUT2D eigenvalue weighted by atomic mass is 16.2. The van der Waals surface area contributed by atoms with Crippen molar-refractivity contribution in [1.82, 2.24) is 30.3 Å². The zero-order chi connectivity index (χ0) is 18.2. The number of rotatable bonds is 3. The molecule has 2 aromatic heterocycles. The Morgan fingerprint density at radius 2 is 1.81 bits per heavy atom. The van der Waals surface area contributed by atoms with Crippen molar-refractivity contribution in [1.29, 1.82) is 0 Å². The number of hydrogen-bond donors (Lipinski definition) is 2. The number of amides is 1. The predicted molar refractivity (Wildman–Crippen MR) is 101 cm³/mol. The van der Waals surface area contributed by atoms with Crippen LogP contribution in [0.1, 0.15) is 35.2 Å². The van der Waals surface area contributed by atoms with E-state index >= 15 is 0 Å². The molecule has 0 saturated carbocycles. The van der Waals surface area contributed by atoms with E-state index in [0.717, 1.165) is 35.1 Å². The van der Waals surface area contributed by atoms with Crippen molar-refractivity contribution in [2.45, 2.75) is 18.9 Å². The minimum Gasteiger partial charge on any atom is -0.327 e. The highest BCUT2D eigenvalue weighted by Crippen LogP contribution is 2.32. The standard InChI is InChI=1S/C20H18N6O/c27-20(17-14-9-4-5-10-15(14)22-23-17)26-12-6-11-16(26)19-21-18(24-25-19)13-7-2-1-3-8-13/h1-5,7-10,16H,6,11-12H2,(H,22,23)(H,21,24,25)/t16-/m0/s1. The van der Waals surface area contributed by atoms with E-state index in [0.29, 0.717) is 18.1 Å². The quantitative estimate of drug-likeness (QED) is 0.588. The lowest BCUT2D eigenvalue weighted by Crippen LogP contribution is -2.31. The minimum atomic E-state index is -0.113. The number of aromatic amines is 2. The summed E-state index contributed by atoms with van der Waals surface area (Å²) in [4.78, 5) is 19.7. The fraction of sp³-hybridized carbons (Fsp3) is 0.200. The summed E-state index contributed by atoms with van der Waals surface area (Å²) in [7, 11) is 0. The number of nitrogens with zero attached hydrogens (tertiary/aromatic N) is 4. The van der Waals surface area contributed by atoms with Crippen molar-refractivity contribution in [3.8, 4) is 11.4 Å². The number of carbonyl (C=O) groups excluding carboxylic acids is 1. The van der Waals surface area contributed by atoms with Crippen LogP contribution in [0.4, 0.5) is 0 Å². The summed E-state index contributed by atoms with van der Waals surface area (Å²) in [6.07, 6.45) is 1.79. The van der Waals surface area contributed by atoms with E-state index in [1.807, 2.05) is 59.5 Å². The smallest absolute Gasteiger partial charge is 0.275 e. The molecule has 1 fully saturated rings. The highest BCUT2D eigenvalue weighted by molar-refractivity contribution is 6.04. The lowest BCUT2D eigenvalue weighted by Gasteiger charge is -2.22. The molecule has 5 rings (SSSR count). The summed E-state index contributed by atoms with van der Waals surface area (Å²) in [5, 5.41) is 15.4. The fourth-order valence-electron chi connectivity index (χ4n) is 3.70. The molecule has 7 nitrogen and oxygen atoms in total. The van der Waals surface area contributed by atoms with Gasteiger partial charge in [-0.05, 0) is 18.9 Å². The van der Waals surface area contributed by atoms with Crippen LogP contribution in [0.15, 0.2) is 54.6 Å². The number of H-pyrrole nitrogens is 2. The molecule has 1 amide bonds. The van der Waals surface area contributed by atoms with Crippen molar-refractivity contribution in [2.75, 3.05) is 6.54 Å². The summed E-state index contributed by atoms with van der Waals surface area (Å²) in [5.41, 5.74) is 2.28. The second-order valence-corrected chi connectivity index (χ2v) is 6.68. The van der Waals surface area contributed by atoms with Gasteiger partial charge in [-0.1, -0.05) is 48.5 Å². The van der Waals surface area contributed by atoms with E-state index in [-0.39, 0.29) is 11.9 Å². The van der Waals surface area contributed by atoms with E-state index in [1.54, 1.807) is 0 Å². The predicted octanol–water partition coefficient (Wildman–Crippen LogP) is 3.33. The molecule has 134 valence electrons. The Kier molecular flexibility index (Phi) is 3.71. The number of likely N-dealkylation sites (tertiary alicyclic amines) is 1. The first-order chi connectivity index (χ1) is 13.3. The van der Waals surface area contributed by atoms with Crippen LogP contribution in [0.3, 0.4) is 0 Å². The summed E-state index contributed by atoms with van der Waals surface area (Å²) < 4.78 is 0. The molecular weight excluding hydrogens is 340 g/mol. The first-order valence-electron chi connectivity index (χ1n) is 9.03. The summed E-state index contributed by atoms with van der Waals surface area (Å²) >= 11 is 0. The third-order valence-corrected chi connectivity index (χ3v) is 5.04. The van der Waals surface area contributed by atoms with E-state index in [9.17, 15) is 4.79 Å². The number of carbonyl (C=O) groups is 1. The number of fused-ring (bicyclic) bond motifs is 1. The monoisotopic (exact) mass is 358 g/mol. The lowest BCUT2D eigenvalue weighted by atomic mass is 10.1. The van der Waals surface area contributed by atoms with Gasteiger partial charge in [0.05, 0.1) is 11.6 Å². The first-order valence-corrected chi connectivity index (χ1v) is 9.03. The Hall–Kier alpha value is -3.48. The van der Waals surface area contributed by atoms with Gasteiger partial charge in [0.1, 0.15) is 5.82 Å². The van der Waals surface area contributed by atoms with Crippen LogP contribution in [0.5, 0.6) is 0 Å². The molecule has 0 unspecified atom stereocenters. The van der Waals surface area contributed by atoms with Gasteiger partial charge < -0.3 is 4.90 Å². The second-order valence-electron chi connectivity index (χ2n) is 6.68. The molecule has 0 aliphatic carbocycles. The van der Waals surface area contributed by atoms with Crippen molar-refractivity contribution in [2.24, 2.45) is 0 Å². The second kappa shape index (κ2) is 6.35. The van der Waals surface area contributed by atoms with Crippen LogP contribution >= 0.6 is 0 Å². The molecule has 2 N–H and O–H groups in total. The molecule has 4 aromatic rings. The first kappa shape index (κ1) is 15.7. The van der Waals surface area contributed by atoms with Crippen molar-refractivity contribution in [3.05, 3.63) is 66.1 Å². The van der Waals surface area contributed by atoms with Gasteiger partial charge in [0.2, 0.25) is 0 Å². The van der Waals surface area contributed by atoms with Gasteiger partial charge in [-0.3, -0.25) is 15.0 Å². The molecule has 0 radical (unpaired) electrons. The zero-order valence-corrected chi connectivity index (χ0v) is 14.6. The van der Waals surface area contributed by atoms with Crippen LogP contribution in [0, 0.1) is 0 Å². The Bertz CT molecular complexity index is 1100. The maximum atomic E-state index is 13.2. The average molecular weight is 358 g/mol. The van der Waals surface area contributed by atoms with Crippen LogP contribution in [-0.4, -0.2) is 42.7 Å². The van der Waals surface area contributed by atoms with Crippen LogP contribution in [-0.2, 0) is 0 Å². The zero-order valence-electron chi connectivity index (χ0n) is 14.6. The van der Waals surface area contributed by atoms with E-state index in [4.69, 9.17) is 0 Å². The van der Waals surface area contributed by atoms with Crippen molar-refractivity contribution >= 4 is 16.8 Å². The van der Waals surface area contributed by atoms with Crippen LogP contribution < -0.4 is 0 Å². The third-order valence-electron chi connectivity index (χ3n) is 5.04. The van der Waals surface area contributed by atoms with Gasteiger partial charge in [-0.2, -0.15) is 10.2 Å². The minimum absolute atomic E-state index is 0.0763. The molecule has 1 saturated heterocycles. The maximum absolute atomic E-state index is 13.2. The molecule has 0 bridgehead atoms. The Morgan fingerprint density at radius 1 is 1.00 bits per heavy atom.